The lowest BCUT2D eigenvalue weighted by Crippen LogP contribution is -2.50. The van der Waals surface area contributed by atoms with Crippen LogP contribution in [-0.4, -0.2) is 0 Å². The van der Waals surface area contributed by atoms with Gasteiger partial charge in [0.1, 0.15) is 13.1 Å². The third-order valence-electron chi connectivity index (χ3n) is 4.02. The molecule has 23 heavy (non-hydrogen) atoms. The first kappa shape index (κ1) is 15.9. The summed E-state index contributed by atoms with van der Waals surface area (Å²) in [6.07, 6.45) is 0. The van der Waals surface area contributed by atoms with Crippen LogP contribution in [0, 0.1) is 0 Å². The van der Waals surface area contributed by atoms with Crippen molar-refractivity contribution >= 4 is 23.8 Å². The van der Waals surface area contributed by atoms with E-state index in [0.29, 0.717) is 0 Å². The Kier molecular flexibility index (Phi) is 5.19. The molecule has 0 spiro atoms. The van der Waals surface area contributed by atoms with E-state index >= 15 is 0 Å². The number of rotatable bonds is 5. The number of hydrogen-bond donors (Lipinski definition) is 2. The first-order chi connectivity index (χ1) is 11.3. The second kappa shape index (κ2) is 7.52. The minimum Gasteiger partial charge on any atom is -0.354 e. The topological polar surface area (TPSA) is 55.3 Å². The average molecular weight is 322 g/mol. The van der Waals surface area contributed by atoms with Crippen LogP contribution in [0.15, 0.2) is 78.9 Å². The third kappa shape index (κ3) is 3.35. The van der Waals surface area contributed by atoms with Gasteiger partial charge in [-0.05, 0) is 23.8 Å². The van der Waals surface area contributed by atoms with Crippen molar-refractivity contribution in [3.8, 4) is 0 Å². The molecule has 3 aromatic rings. The molecule has 0 heterocycles. The van der Waals surface area contributed by atoms with Crippen molar-refractivity contribution in [3.63, 3.8) is 0 Å². The Labute approximate surface area is 138 Å². The summed E-state index contributed by atoms with van der Waals surface area (Å²) in [6.45, 7) is 1.63. The van der Waals surface area contributed by atoms with Gasteiger partial charge in [0.25, 0.3) is 0 Å². The molecule has 3 aromatic carbocycles. The second-order valence-corrected chi connectivity index (χ2v) is 7.58. The minimum absolute atomic E-state index is 0.579. The molecule has 0 aliphatic carbocycles. The highest BCUT2D eigenvalue weighted by atomic mass is 31.1. The van der Waals surface area contributed by atoms with Gasteiger partial charge in [-0.2, -0.15) is 0 Å². The van der Waals surface area contributed by atoms with Gasteiger partial charge in [-0.15, -0.1) is 0 Å². The summed E-state index contributed by atoms with van der Waals surface area (Å²) in [5, 5.41) is 4.19. The van der Waals surface area contributed by atoms with Gasteiger partial charge in [-0.1, -0.05) is 78.9 Å². The van der Waals surface area contributed by atoms with Crippen molar-refractivity contribution < 1.29 is 11.5 Å². The van der Waals surface area contributed by atoms with Crippen molar-refractivity contribution in [3.05, 3.63) is 90.0 Å². The molecule has 0 unspecified atom stereocenters. The monoisotopic (exact) mass is 322 g/mol. The maximum absolute atomic E-state index is 4.13. The summed E-state index contributed by atoms with van der Waals surface area (Å²) in [7, 11) is -0.579. The summed E-state index contributed by atoms with van der Waals surface area (Å²) >= 11 is 0. The summed E-state index contributed by atoms with van der Waals surface area (Å²) in [5.74, 6) is 0. The normalized spacial score (nSPS) is 10.9. The van der Waals surface area contributed by atoms with Gasteiger partial charge in [-0.25, -0.2) is 0 Å². The molecule has 0 saturated heterocycles. The molecule has 0 radical (unpaired) electrons. The molecular weight excluding hydrogens is 299 g/mol. The van der Waals surface area contributed by atoms with Crippen LogP contribution in [0.3, 0.4) is 0 Å². The molecule has 3 heteroatoms. The largest absolute Gasteiger partial charge is 0.354 e. The van der Waals surface area contributed by atoms with E-state index in [0.717, 1.165) is 13.1 Å². The standard InChI is InChI=1S/C20H21N2P/c21-14-16-8-4-6-12-19(16)23(18-10-2-1-3-11-18)20-13-7-5-9-17(20)15-22/h1-13H,14-15,21-22H2/p+2. The lowest BCUT2D eigenvalue weighted by molar-refractivity contribution is -0.386. The molecule has 3 rings (SSSR count). The molecule has 0 amide bonds. The molecule has 6 N–H and O–H groups in total. The Morgan fingerprint density at radius 2 is 1.00 bits per heavy atom. The maximum atomic E-state index is 4.13. The van der Waals surface area contributed by atoms with Gasteiger partial charge < -0.3 is 11.5 Å². The van der Waals surface area contributed by atoms with Crippen LogP contribution >= 0.6 is 7.92 Å². The minimum atomic E-state index is -0.579. The predicted octanol–water partition coefficient (Wildman–Crippen LogP) is 0.929. The molecule has 116 valence electrons. The Hall–Kier alpha value is -1.99. The van der Waals surface area contributed by atoms with Crippen molar-refractivity contribution in [2.24, 2.45) is 0 Å². The second-order valence-electron chi connectivity index (χ2n) is 5.43. The van der Waals surface area contributed by atoms with Gasteiger partial charge in [0.05, 0.1) is 0 Å². The zero-order valence-electron chi connectivity index (χ0n) is 13.3. The van der Waals surface area contributed by atoms with Gasteiger partial charge in [0, 0.05) is 11.1 Å². The lowest BCUT2D eigenvalue weighted by Gasteiger charge is -2.23. The highest BCUT2D eigenvalue weighted by Crippen LogP contribution is 2.35. The third-order valence-corrected chi connectivity index (χ3v) is 6.67. The van der Waals surface area contributed by atoms with E-state index in [9.17, 15) is 0 Å². The van der Waals surface area contributed by atoms with Crippen LogP contribution < -0.4 is 27.4 Å². The van der Waals surface area contributed by atoms with Crippen molar-refractivity contribution in [1.29, 1.82) is 0 Å². The van der Waals surface area contributed by atoms with Crippen LogP contribution in [0.4, 0.5) is 0 Å². The van der Waals surface area contributed by atoms with E-state index in [1.807, 2.05) is 0 Å². The van der Waals surface area contributed by atoms with Crippen LogP contribution in [0.25, 0.3) is 0 Å². The SMILES string of the molecule is [NH3+]Cc1ccccc1P(c1ccccc1)c1ccccc1C[NH3+]. The van der Waals surface area contributed by atoms with Gasteiger partial charge in [0.2, 0.25) is 0 Å². The van der Waals surface area contributed by atoms with Crippen LogP contribution in [0.5, 0.6) is 0 Å². The predicted molar refractivity (Wildman–Crippen MR) is 98.3 cm³/mol. The van der Waals surface area contributed by atoms with Crippen LogP contribution in [0.2, 0.25) is 0 Å². The molecule has 0 aliphatic heterocycles. The van der Waals surface area contributed by atoms with Crippen molar-refractivity contribution in [2.45, 2.75) is 13.1 Å². The van der Waals surface area contributed by atoms with E-state index < -0.39 is 7.92 Å². The van der Waals surface area contributed by atoms with E-state index in [-0.39, 0.29) is 0 Å². The Bertz CT molecular complexity index is 724. The Morgan fingerprint density at radius 1 is 0.565 bits per heavy atom. The zero-order valence-corrected chi connectivity index (χ0v) is 14.2. The van der Waals surface area contributed by atoms with E-state index in [2.05, 4.69) is 90.3 Å². The smallest absolute Gasteiger partial charge is 0.100 e. The molecule has 0 saturated carbocycles. The van der Waals surface area contributed by atoms with Crippen LogP contribution in [-0.2, 0) is 13.1 Å². The first-order valence-corrected chi connectivity index (χ1v) is 9.28. The van der Waals surface area contributed by atoms with Crippen LogP contribution in [0.1, 0.15) is 11.1 Å². The lowest BCUT2D eigenvalue weighted by atomic mass is 10.2. The molecule has 0 bridgehead atoms. The molecular formula is C20H23N2P+2. The Balaban J connectivity index is 2.23. The summed E-state index contributed by atoms with van der Waals surface area (Å²) < 4.78 is 0. The molecule has 0 aliphatic rings. The number of benzene rings is 3. The first-order valence-electron chi connectivity index (χ1n) is 7.94. The molecule has 0 aromatic heterocycles. The quantitative estimate of drug-likeness (QED) is 0.657. The van der Waals surface area contributed by atoms with Gasteiger partial charge in [0.15, 0.2) is 0 Å². The fourth-order valence-corrected chi connectivity index (χ4v) is 5.57. The summed E-state index contributed by atoms with van der Waals surface area (Å²) in [6, 6.07) is 28.2. The van der Waals surface area contributed by atoms with E-state index in [1.54, 1.807) is 0 Å². The Morgan fingerprint density at radius 3 is 1.48 bits per heavy atom. The molecule has 0 fully saturated rings. The molecule has 0 atom stereocenters. The summed E-state index contributed by atoms with van der Waals surface area (Å²) in [5.41, 5.74) is 10.9. The van der Waals surface area contributed by atoms with Gasteiger partial charge in [-0.3, -0.25) is 0 Å². The number of quaternary nitrogens is 2. The number of hydrogen-bond acceptors (Lipinski definition) is 0. The zero-order chi connectivity index (χ0) is 16.1. The van der Waals surface area contributed by atoms with E-state index in [1.165, 1.54) is 27.0 Å². The fourth-order valence-electron chi connectivity index (χ4n) is 2.87. The van der Waals surface area contributed by atoms with E-state index in [4.69, 9.17) is 0 Å². The highest BCUT2D eigenvalue weighted by molar-refractivity contribution is 7.80. The molecule has 2 nitrogen and oxygen atoms in total. The summed E-state index contributed by atoms with van der Waals surface area (Å²) in [4.78, 5) is 0. The van der Waals surface area contributed by atoms with Gasteiger partial charge >= 0.3 is 0 Å². The highest BCUT2D eigenvalue weighted by Gasteiger charge is 2.21. The fraction of sp³-hybridized carbons (Fsp3) is 0.100. The van der Waals surface area contributed by atoms with Crippen molar-refractivity contribution in [2.75, 3.05) is 0 Å². The average Bonchev–Trinajstić information content (AvgIpc) is 2.64. The van der Waals surface area contributed by atoms with Crippen molar-refractivity contribution in [1.82, 2.24) is 0 Å². The maximum Gasteiger partial charge on any atom is 0.100 e.